The predicted octanol–water partition coefficient (Wildman–Crippen LogP) is 12.1. The lowest BCUT2D eigenvalue weighted by atomic mass is 9.55. The second-order valence-electron chi connectivity index (χ2n) is 32.5. The number of methoxy groups -OCH3 is 10. The van der Waals surface area contributed by atoms with Crippen LogP contribution >= 0.6 is 0 Å². The van der Waals surface area contributed by atoms with Gasteiger partial charge in [0.1, 0.15) is 5.76 Å². The van der Waals surface area contributed by atoms with Crippen LogP contribution in [0, 0.1) is 79.5 Å². The largest absolute Gasteiger partial charge is 0.481 e. The Labute approximate surface area is 695 Å². The van der Waals surface area contributed by atoms with Crippen molar-refractivity contribution in [1.82, 2.24) is 60.5 Å². The molecule has 6 aromatic rings. The second kappa shape index (κ2) is 35.9. The number of fused-ring (bicyclic) bond motifs is 16. The smallest absolute Gasteiger partial charge is 0.319 e. The Kier molecular flexibility index (Phi) is 27.1. The van der Waals surface area contributed by atoms with E-state index in [1.165, 1.54) is 41.1 Å². The zero-order chi connectivity index (χ0) is 86.0. The molecule has 6 heterocycles. The van der Waals surface area contributed by atoms with Crippen molar-refractivity contribution >= 4 is 23.1 Å². The van der Waals surface area contributed by atoms with Crippen molar-refractivity contribution in [3.63, 3.8) is 0 Å². The van der Waals surface area contributed by atoms with Crippen LogP contribution < -0.4 is 52.8 Å². The van der Waals surface area contributed by atoms with E-state index in [1.807, 2.05) is 54.7 Å². The van der Waals surface area contributed by atoms with Gasteiger partial charge in [-0.1, -0.05) is 100 Å². The third kappa shape index (κ3) is 15.6. The summed E-state index contributed by atoms with van der Waals surface area (Å²) < 4.78 is 58.7. The van der Waals surface area contributed by atoms with E-state index in [4.69, 9.17) is 88.4 Å². The van der Waals surface area contributed by atoms with Gasteiger partial charge in [-0.2, -0.15) is 49.8 Å². The first kappa shape index (κ1) is 89.7. The standard InChI is InChI=1S/2C17H21N3O3.3C17H19N3O3.CH5NO.CH4/c1-9-12-6-5-11-14(19-16(22-4)20-15(11)21-3)17(12,2)7-10-8-18-23-13(9)10;4*1-9-11-7-6-10-14(19-16(23-5)20-15(10)22-4)17(11,2)8-12(18-3)13(9)21;1-2-3;/h8-9,12H,5-7H2,1-4H3;9,11-12H,6-8H2,1-2,4-5H3;3*8-9,11H,6-7H2,1-2,4-5H3;2-3H,1H3;1H4/t9-,12-,17-;9-,11-,12?,17-;3*9-,11-,17-;;/m00100../s1. The quantitative estimate of drug-likeness (QED) is 0.0950. The fraction of sp³-hybridized carbons (Fsp3) is 0.575. The van der Waals surface area contributed by atoms with Crippen molar-refractivity contribution < 1.29 is 76.3 Å². The van der Waals surface area contributed by atoms with Crippen LogP contribution in [0.1, 0.15) is 189 Å². The number of carbonyl (C=O) groups excluding carboxylic acids is 4. The van der Waals surface area contributed by atoms with Gasteiger partial charge in [-0.15, -0.1) is 0 Å². The lowest BCUT2D eigenvalue weighted by Gasteiger charge is -2.47. The van der Waals surface area contributed by atoms with Gasteiger partial charge in [0, 0.05) is 104 Å². The topological polar surface area (TPSA) is 365 Å². The van der Waals surface area contributed by atoms with Crippen molar-refractivity contribution in [2.45, 2.75) is 193 Å². The zero-order valence-electron chi connectivity index (χ0n) is 70.9. The molecule has 2 N–H and O–H groups in total. The van der Waals surface area contributed by atoms with E-state index >= 15 is 0 Å². The highest BCUT2D eigenvalue weighted by Crippen LogP contribution is 2.58. The first-order chi connectivity index (χ1) is 56.3. The number of nitrogens with zero attached hydrogens (tertiary/aromatic N) is 15. The minimum atomic E-state index is -0.593. The van der Waals surface area contributed by atoms with Gasteiger partial charge in [0.15, 0.2) is 17.3 Å². The van der Waals surface area contributed by atoms with Crippen molar-refractivity contribution in [2.24, 2.45) is 53.3 Å². The van der Waals surface area contributed by atoms with Gasteiger partial charge >= 0.3 is 30.1 Å². The van der Waals surface area contributed by atoms with E-state index in [2.05, 4.69) is 90.2 Å². The van der Waals surface area contributed by atoms with Crippen molar-refractivity contribution in [3.8, 4) is 59.5 Å². The molecule has 32 nitrogen and oxygen atoms in total. The molecule has 0 radical (unpaired) electrons. The Bertz CT molecular complexity index is 4890. The third-order valence-corrected chi connectivity index (χ3v) is 26.6. The molecule has 32 heteroatoms. The number of hydroxylamine groups is 1. The molecular formula is C87H108N16O16. The van der Waals surface area contributed by atoms with E-state index in [-0.39, 0.29) is 130 Å². The van der Waals surface area contributed by atoms with E-state index in [1.54, 1.807) is 66.4 Å². The number of rotatable bonds is 10. The Morgan fingerprint density at radius 2 is 0.689 bits per heavy atom. The molecule has 1 saturated carbocycles. The first-order valence-corrected chi connectivity index (χ1v) is 39.4. The lowest BCUT2D eigenvalue weighted by molar-refractivity contribution is -0.129. The minimum absolute atomic E-state index is 0. The van der Waals surface area contributed by atoms with Crippen LogP contribution in [0.3, 0.4) is 0 Å². The average Bonchev–Trinajstić information content (AvgIpc) is 1.33. The highest BCUT2D eigenvalue weighted by molar-refractivity contribution is 6.01. The van der Waals surface area contributed by atoms with Crippen molar-refractivity contribution in [2.75, 3.05) is 78.1 Å². The molecule has 632 valence electrons. The molecule has 0 saturated heterocycles. The summed E-state index contributed by atoms with van der Waals surface area (Å²) in [5, 5.41) is 11.3. The van der Waals surface area contributed by atoms with Crippen LogP contribution in [0.15, 0.2) is 46.0 Å². The maximum Gasteiger partial charge on any atom is 0.319 e. The fourth-order valence-corrected chi connectivity index (χ4v) is 20.8. The van der Waals surface area contributed by atoms with E-state index in [0.29, 0.717) is 53.7 Å². The monoisotopic (exact) mass is 1630 g/mol. The number of carbonyl (C=O) groups is 4. The fourth-order valence-electron chi connectivity index (χ4n) is 20.8. The molecule has 0 bridgehead atoms. The Hall–Kier alpha value is -11.6. The van der Waals surface area contributed by atoms with Gasteiger partial charge in [0.25, 0.3) is 6.04 Å². The summed E-state index contributed by atoms with van der Waals surface area (Å²) in [6.45, 7) is 49.7. The number of hydrogen-bond acceptors (Lipinski definition) is 28. The van der Waals surface area contributed by atoms with Crippen LogP contribution in [0.4, 0.5) is 0 Å². The highest BCUT2D eigenvalue weighted by Gasteiger charge is 2.58. The van der Waals surface area contributed by atoms with Crippen molar-refractivity contribution in [3.05, 3.63) is 155 Å². The molecule has 1 fully saturated rings. The molecule has 10 aliphatic rings. The van der Waals surface area contributed by atoms with E-state index in [9.17, 15) is 19.2 Å². The van der Waals surface area contributed by atoms with Crippen LogP contribution in [-0.2, 0) is 84.8 Å². The van der Waals surface area contributed by atoms with Gasteiger partial charge in [0.2, 0.25) is 52.3 Å². The summed E-state index contributed by atoms with van der Waals surface area (Å²) in [6, 6.07) is 0.765. The van der Waals surface area contributed by atoms with Crippen LogP contribution in [0.5, 0.6) is 59.5 Å². The molecule has 119 heavy (non-hydrogen) atoms. The van der Waals surface area contributed by atoms with E-state index < -0.39 is 22.3 Å². The second-order valence-corrected chi connectivity index (χ2v) is 32.5. The molecule has 16 rings (SSSR count). The van der Waals surface area contributed by atoms with Crippen LogP contribution in [0.2, 0.25) is 0 Å². The summed E-state index contributed by atoms with van der Waals surface area (Å²) >= 11 is 0. The highest BCUT2D eigenvalue weighted by atomic mass is 16.5. The van der Waals surface area contributed by atoms with Crippen molar-refractivity contribution in [1.29, 1.82) is 0 Å². The summed E-state index contributed by atoms with van der Waals surface area (Å²) in [5.74, 6) is 4.15. The van der Waals surface area contributed by atoms with Gasteiger partial charge in [-0.05, 0) is 100 Å². The first-order valence-electron chi connectivity index (χ1n) is 39.4. The molecule has 0 aromatic carbocycles. The molecule has 0 aliphatic heterocycles. The minimum Gasteiger partial charge on any atom is -0.481 e. The third-order valence-electron chi connectivity index (χ3n) is 26.6. The molecular weight excluding hydrogens is 1530 g/mol. The summed E-state index contributed by atoms with van der Waals surface area (Å²) in [6.07, 6.45) is 17.0. The van der Waals surface area contributed by atoms with Gasteiger partial charge in [-0.3, -0.25) is 4.79 Å². The molecule has 6 aromatic heterocycles. The summed E-state index contributed by atoms with van der Waals surface area (Å²) in [4.78, 5) is 108. The number of hydrogen-bond donors (Lipinski definition) is 2. The normalized spacial score (nSPS) is 28.8. The van der Waals surface area contributed by atoms with Gasteiger partial charge in [0.05, 0.1) is 125 Å². The number of nitrogens with one attached hydrogen (secondary N) is 1. The average molecular weight is 1630 g/mol. The lowest BCUT2D eigenvalue weighted by Crippen LogP contribution is -2.52. The number of aromatic nitrogens is 11. The van der Waals surface area contributed by atoms with Gasteiger partial charge in [-0.25, -0.2) is 26.6 Å². The molecule has 1 unspecified atom stereocenters. The van der Waals surface area contributed by atoms with Crippen LogP contribution in [-0.4, -0.2) is 168 Å². The molecule has 16 atom stereocenters. The number of Topliss-reactive ketones (excluding diaryl/α,β-unsaturated/α-hetero) is 4. The Morgan fingerprint density at radius 3 is 0.975 bits per heavy atom. The van der Waals surface area contributed by atoms with Gasteiger partial charge < -0.3 is 76.3 Å². The molecule has 10 aliphatic carbocycles. The number of ether oxygens (including phenoxy) is 10. The molecule has 0 amide bonds. The number of allylic oxidation sites excluding steroid dienone is 6. The zero-order valence-corrected chi connectivity index (χ0v) is 70.9. The Morgan fingerprint density at radius 1 is 0.412 bits per heavy atom. The van der Waals surface area contributed by atoms with Crippen LogP contribution in [0.25, 0.3) is 19.4 Å². The summed E-state index contributed by atoms with van der Waals surface area (Å²) in [7, 11) is 17.0. The SMILES string of the molecule is C.CNO.COc1nc(OC)c2c(n1)[C@@]1(C)Cc3cnoc3[C@@H](C)[C@@H]1CC2.[C-]#[N+]C1=C[C@@]2(C)c3nc(OC)nc(OC)c3CC[C@@H]2[C@@H](C)C1=O.[C-]#[N+]C1=C[C@]2(C)c3nc(OC)nc(OC)c3CC[C@H]2[C@H](C)C1=O.[C-]#[N+]C1=C[C@]2(C)c3nc(OC)nc(OC)c3CC[C@H]2[C@H](C)C1=O.[C-]#[N+]C1C[C@]2(C)c3nc(OC)nc(OC)c3CC[C@H]2[C@H](C)C1=O. The van der Waals surface area contributed by atoms with E-state index in [0.717, 1.165) is 133 Å². The molecule has 0 spiro atoms. The Balaban J connectivity index is 0.000000155. The predicted molar refractivity (Wildman–Crippen MR) is 433 cm³/mol. The maximum atomic E-state index is 12.4. The summed E-state index contributed by atoms with van der Waals surface area (Å²) in [5.41, 5.74) is 10.9. The maximum absolute atomic E-state index is 12.4. The number of ketones is 4.